The quantitative estimate of drug-likeness (QED) is 0.357. The lowest BCUT2D eigenvalue weighted by Gasteiger charge is -2.38. The summed E-state index contributed by atoms with van der Waals surface area (Å²) in [5.41, 5.74) is 6.44. The molecular formula is C28H24FN3O2. The highest BCUT2D eigenvalue weighted by molar-refractivity contribution is 5.72. The summed E-state index contributed by atoms with van der Waals surface area (Å²) in [6.45, 7) is 3.72. The molecule has 2 heterocycles. The molecule has 1 aliphatic carbocycles. The van der Waals surface area contributed by atoms with Crippen LogP contribution >= 0.6 is 0 Å². The number of benzene rings is 3. The predicted molar refractivity (Wildman–Crippen MR) is 127 cm³/mol. The third-order valence-corrected chi connectivity index (χ3v) is 7.13. The van der Waals surface area contributed by atoms with Gasteiger partial charge in [0.15, 0.2) is 0 Å². The number of carbonyl (C=O) groups is 1. The molecule has 170 valence electrons. The third kappa shape index (κ3) is 3.64. The van der Waals surface area contributed by atoms with E-state index in [1.165, 1.54) is 17.2 Å². The summed E-state index contributed by atoms with van der Waals surface area (Å²) >= 11 is 0. The van der Waals surface area contributed by atoms with Gasteiger partial charge in [-0.25, -0.2) is 4.39 Å². The van der Waals surface area contributed by atoms with E-state index in [1.807, 2.05) is 43.3 Å². The average Bonchev–Trinajstić information content (AvgIpc) is 3.47. The van der Waals surface area contributed by atoms with Crippen LogP contribution < -0.4 is 0 Å². The summed E-state index contributed by atoms with van der Waals surface area (Å²) in [7, 11) is 0. The van der Waals surface area contributed by atoms with Crippen LogP contribution in [0.3, 0.4) is 0 Å². The molecule has 0 amide bonds. The molecule has 6 rings (SSSR count). The van der Waals surface area contributed by atoms with E-state index in [9.17, 15) is 4.79 Å². The fraction of sp³-hybridized carbons (Fsp3) is 0.250. The van der Waals surface area contributed by atoms with Gasteiger partial charge < -0.3 is 9.32 Å². The van der Waals surface area contributed by atoms with E-state index in [1.54, 1.807) is 6.07 Å². The normalized spacial score (nSPS) is 19.6. The van der Waals surface area contributed by atoms with Crippen LogP contribution in [0.15, 0.2) is 65.2 Å². The Morgan fingerprint density at radius 3 is 2.56 bits per heavy atom. The van der Waals surface area contributed by atoms with Crippen molar-refractivity contribution < 1.29 is 13.7 Å². The first-order chi connectivity index (χ1) is 16.6. The van der Waals surface area contributed by atoms with Gasteiger partial charge in [-0.1, -0.05) is 47.6 Å². The minimum absolute atomic E-state index is 0.173. The zero-order valence-electron chi connectivity index (χ0n) is 18.9. The highest BCUT2D eigenvalue weighted by atomic mass is 19.1. The fourth-order valence-corrected chi connectivity index (χ4v) is 5.08. The summed E-state index contributed by atoms with van der Waals surface area (Å²) in [6.07, 6.45) is 2.98. The molecule has 0 saturated heterocycles. The Kier molecular flexibility index (Phi) is 5.11. The number of carbonyl (C=O) groups excluding carboxylic acids is 1. The van der Waals surface area contributed by atoms with E-state index >= 15 is 4.39 Å². The number of fused-ring (bicyclic) bond motifs is 1. The molecule has 5 nitrogen and oxygen atoms in total. The Morgan fingerprint density at radius 2 is 1.76 bits per heavy atom. The zero-order chi connectivity index (χ0) is 23.2. The van der Waals surface area contributed by atoms with Crippen LogP contribution in [-0.2, 0) is 17.9 Å². The molecule has 1 saturated carbocycles. The highest BCUT2D eigenvalue weighted by Crippen LogP contribution is 2.37. The average molecular weight is 454 g/mol. The second-order valence-electron chi connectivity index (χ2n) is 9.35. The van der Waals surface area contributed by atoms with Crippen molar-refractivity contribution in [3.05, 3.63) is 83.2 Å². The van der Waals surface area contributed by atoms with Gasteiger partial charge >= 0.3 is 0 Å². The molecule has 1 aromatic heterocycles. The van der Waals surface area contributed by atoms with Gasteiger partial charge in [0, 0.05) is 30.6 Å². The molecule has 0 atom stereocenters. The van der Waals surface area contributed by atoms with E-state index in [4.69, 9.17) is 4.52 Å². The summed E-state index contributed by atoms with van der Waals surface area (Å²) < 4.78 is 20.5. The van der Waals surface area contributed by atoms with Crippen LogP contribution in [0, 0.1) is 18.7 Å². The largest absolute Gasteiger partial charge is 0.334 e. The van der Waals surface area contributed by atoms with Crippen molar-refractivity contribution in [3.63, 3.8) is 0 Å². The maximum Gasteiger partial charge on any atom is 0.261 e. The third-order valence-electron chi connectivity index (χ3n) is 7.13. The van der Waals surface area contributed by atoms with E-state index in [0.717, 1.165) is 54.5 Å². The molecule has 34 heavy (non-hydrogen) atoms. The van der Waals surface area contributed by atoms with Gasteiger partial charge in [-0.05, 0) is 65.8 Å². The molecule has 0 unspecified atom stereocenters. The molecular weight excluding hydrogens is 429 g/mol. The molecule has 1 aliphatic heterocycles. The van der Waals surface area contributed by atoms with Gasteiger partial charge in [-0.3, -0.25) is 4.90 Å². The minimum Gasteiger partial charge on any atom is -0.334 e. The van der Waals surface area contributed by atoms with E-state index in [2.05, 4.69) is 27.2 Å². The van der Waals surface area contributed by atoms with Crippen LogP contribution in [0.25, 0.3) is 34.0 Å². The summed E-state index contributed by atoms with van der Waals surface area (Å²) in [6, 6.07) is 19.7. The minimum atomic E-state index is -0.390. The first-order valence-electron chi connectivity index (χ1n) is 11.6. The smallest absolute Gasteiger partial charge is 0.261 e. The fourth-order valence-electron chi connectivity index (χ4n) is 5.08. The zero-order valence-corrected chi connectivity index (χ0v) is 18.9. The molecule has 4 aromatic rings. The van der Waals surface area contributed by atoms with Crippen molar-refractivity contribution in [2.45, 2.75) is 38.9 Å². The molecule has 0 radical (unpaired) electrons. The van der Waals surface area contributed by atoms with Gasteiger partial charge in [0.1, 0.15) is 12.1 Å². The Hall–Kier alpha value is -3.64. The number of nitrogens with zero attached hydrogens (tertiary/aromatic N) is 3. The lowest BCUT2D eigenvalue weighted by atomic mass is 9.80. The number of aldehydes is 1. The first kappa shape index (κ1) is 20.9. The first-order valence-corrected chi connectivity index (χ1v) is 11.6. The van der Waals surface area contributed by atoms with Crippen LogP contribution in [0.2, 0.25) is 0 Å². The van der Waals surface area contributed by atoms with E-state index < -0.39 is 5.82 Å². The van der Waals surface area contributed by atoms with Crippen LogP contribution in [0.4, 0.5) is 4.39 Å². The summed E-state index contributed by atoms with van der Waals surface area (Å²) in [4.78, 5) is 17.9. The Balaban J connectivity index is 1.24. The molecule has 0 spiro atoms. The monoisotopic (exact) mass is 453 g/mol. The standard InChI is InChI=1S/C28H24FN3O2/c1-17-9-25(26(29)13-24(17)19-5-3-2-4-6-19)28-30-27(31-34-28)20-7-8-21-14-32(15-22(21)12-20)23-10-18(11-23)16-33/h2-9,12-13,16,18,23H,10-11,14-15H2,1H3/t18-,23-. The predicted octanol–water partition coefficient (Wildman–Crippen LogP) is 5.81. The Morgan fingerprint density at radius 1 is 0.971 bits per heavy atom. The number of hydrogen-bond acceptors (Lipinski definition) is 5. The van der Waals surface area contributed by atoms with Crippen LogP contribution in [0.5, 0.6) is 0 Å². The number of halogens is 1. The maximum absolute atomic E-state index is 15.0. The van der Waals surface area contributed by atoms with Gasteiger partial charge in [-0.2, -0.15) is 4.98 Å². The van der Waals surface area contributed by atoms with Gasteiger partial charge in [0.25, 0.3) is 5.89 Å². The molecule has 2 aliphatic rings. The van der Waals surface area contributed by atoms with Crippen molar-refractivity contribution in [1.29, 1.82) is 0 Å². The number of aryl methyl sites for hydroxylation is 1. The maximum atomic E-state index is 15.0. The lowest BCUT2D eigenvalue weighted by molar-refractivity contribution is -0.115. The topological polar surface area (TPSA) is 59.2 Å². The van der Waals surface area contributed by atoms with Crippen molar-refractivity contribution >= 4 is 6.29 Å². The number of rotatable bonds is 5. The Bertz CT molecular complexity index is 1380. The number of hydrogen-bond donors (Lipinski definition) is 0. The van der Waals surface area contributed by atoms with Crippen molar-refractivity contribution in [2.75, 3.05) is 0 Å². The highest BCUT2D eigenvalue weighted by Gasteiger charge is 2.36. The summed E-state index contributed by atoms with van der Waals surface area (Å²) in [5, 5.41) is 4.14. The van der Waals surface area contributed by atoms with E-state index in [0.29, 0.717) is 17.4 Å². The molecule has 3 aromatic carbocycles. The van der Waals surface area contributed by atoms with Gasteiger partial charge in [0.2, 0.25) is 5.82 Å². The second kappa shape index (κ2) is 8.29. The van der Waals surface area contributed by atoms with Crippen LogP contribution in [0.1, 0.15) is 29.5 Å². The van der Waals surface area contributed by atoms with Crippen molar-refractivity contribution in [3.8, 4) is 34.0 Å². The van der Waals surface area contributed by atoms with Gasteiger partial charge in [-0.15, -0.1) is 0 Å². The Labute approximate surface area is 197 Å². The molecule has 6 heteroatoms. The molecule has 0 bridgehead atoms. The molecule has 0 N–H and O–H groups in total. The summed E-state index contributed by atoms with van der Waals surface area (Å²) in [5.74, 6) is 0.447. The molecule has 1 fully saturated rings. The van der Waals surface area contributed by atoms with Gasteiger partial charge in [0.05, 0.1) is 5.56 Å². The second-order valence-corrected chi connectivity index (χ2v) is 9.35. The van der Waals surface area contributed by atoms with Crippen LogP contribution in [-0.4, -0.2) is 27.4 Å². The van der Waals surface area contributed by atoms with Crippen molar-refractivity contribution in [2.24, 2.45) is 5.92 Å². The van der Waals surface area contributed by atoms with E-state index in [-0.39, 0.29) is 11.8 Å². The van der Waals surface area contributed by atoms with Crippen molar-refractivity contribution in [1.82, 2.24) is 15.0 Å². The lowest BCUT2D eigenvalue weighted by Crippen LogP contribution is -2.42. The SMILES string of the molecule is Cc1cc(-c2nc(-c3ccc4c(c3)CN([C@H]3C[C@H](C=O)C3)C4)no2)c(F)cc1-c1ccccc1. The number of aromatic nitrogens is 2.